The number of carbonyl (C=O) groups is 2. The summed E-state index contributed by atoms with van der Waals surface area (Å²) in [5.74, 6) is -1.49. The van der Waals surface area contributed by atoms with Gasteiger partial charge in [0.2, 0.25) is 11.8 Å². The lowest BCUT2D eigenvalue weighted by Gasteiger charge is -2.14. The zero-order chi connectivity index (χ0) is 17.6. The first-order valence-corrected chi connectivity index (χ1v) is 8.45. The van der Waals surface area contributed by atoms with Crippen LogP contribution >= 0.6 is 11.3 Å². The van der Waals surface area contributed by atoms with E-state index in [1.54, 1.807) is 30.7 Å². The number of nitrogens with one attached hydrogen (secondary N) is 1. The van der Waals surface area contributed by atoms with Crippen LogP contribution in [0.15, 0.2) is 61.1 Å². The zero-order valence-corrected chi connectivity index (χ0v) is 14.1. The van der Waals surface area contributed by atoms with Crippen LogP contribution in [-0.4, -0.2) is 21.8 Å². The van der Waals surface area contributed by atoms with Crippen molar-refractivity contribution < 1.29 is 9.59 Å². The number of nitrogens with zero attached hydrogens (tertiary/aromatic N) is 2. The Morgan fingerprint density at radius 3 is 2.60 bits per heavy atom. The molecule has 0 aliphatic carbocycles. The van der Waals surface area contributed by atoms with Gasteiger partial charge in [-0.2, -0.15) is 0 Å². The summed E-state index contributed by atoms with van der Waals surface area (Å²) in [4.78, 5) is 33.2. The summed E-state index contributed by atoms with van der Waals surface area (Å²) < 4.78 is 0. The molecule has 126 valence electrons. The van der Waals surface area contributed by atoms with E-state index in [2.05, 4.69) is 15.3 Å². The largest absolute Gasteiger partial charge is 0.370 e. The van der Waals surface area contributed by atoms with E-state index in [0.29, 0.717) is 5.13 Å². The summed E-state index contributed by atoms with van der Waals surface area (Å²) in [6.07, 6.45) is 5.06. The number of carbonyl (C=O) groups excluding carboxylic acids is 2. The molecule has 0 fully saturated rings. The van der Waals surface area contributed by atoms with E-state index in [-0.39, 0.29) is 12.3 Å². The van der Waals surface area contributed by atoms with Gasteiger partial charge in [0.05, 0.1) is 10.8 Å². The molecule has 25 heavy (non-hydrogen) atoms. The number of aromatic nitrogens is 2. The molecule has 2 heterocycles. The van der Waals surface area contributed by atoms with Crippen molar-refractivity contribution in [1.29, 1.82) is 0 Å². The van der Waals surface area contributed by atoms with Crippen molar-refractivity contribution in [2.75, 3.05) is 5.32 Å². The van der Waals surface area contributed by atoms with Gasteiger partial charge in [0.15, 0.2) is 5.13 Å². The summed E-state index contributed by atoms with van der Waals surface area (Å²) in [5, 5.41) is 3.24. The normalized spacial score (nSPS) is 11.7. The SMILES string of the molecule is NC(=O)CC(C(=O)Nc1ncc(-c2cccnc2)s1)c1ccccc1. The number of anilines is 1. The van der Waals surface area contributed by atoms with Crippen LogP contribution < -0.4 is 11.1 Å². The van der Waals surface area contributed by atoms with E-state index in [4.69, 9.17) is 5.73 Å². The summed E-state index contributed by atoms with van der Waals surface area (Å²) in [5.41, 5.74) is 6.97. The zero-order valence-electron chi connectivity index (χ0n) is 13.3. The van der Waals surface area contributed by atoms with Gasteiger partial charge in [-0.05, 0) is 11.6 Å². The second-order valence-electron chi connectivity index (χ2n) is 5.39. The van der Waals surface area contributed by atoms with Crippen molar-refractivity contribution >= 4 is 28.3 Å². The van der Waals surface area contributed by atoms with Crippen molar-refractivity contribution in [3.8, 4) is 10.4 Å². The molecule has 0 spiro atoms. The van der Waals surface area contributed by atoms with Crippen LogP contribution in [0.1, 0.15) is 17.9 Å². The molecule has 0 bridgehead atoms. The van der Waals surface area contributed by atoms with Crippen LogP contribution in [0, 0.1) is 0 Å². The Balaban J connectivity index is 1.78. The fraction of sp³-hybridized carbons (Fsp3) is 0.111. The van der Waals surface area contributed by atoms with Gasteiger partial charge >= 0.3 is 0 Å². The third-order valence-corrected chi connectivity index (χ3v) is 4.57. The van der Waals surface area contributed by atoms with Gasteiger partial charge in [-0.1, -0.05) is 47.7 Å². The number of primary amides is 1. The quantitative estimate of drug-likeness (QED) is 0.713. The first-order valence-electron chi connectivity index (χ1n) is 7.64. The van der Waals surface area contributed by atoms with E-state index < -0.39 is 11.8 Å². The molecular weight excluding hydrogens is 336 g/mol. The van der Waals surface area contributed by atoms with Crippen molar-refractivity contribution in [3.05, 3.63) is 66.6 Å². The Labute approximate surface area is 148 Å². The molecule has 1 aromatic carbocycles. The van der Waals surface area contributed by atoms with E-state index in [9.17, 15) is 9.59 Å². The molecule has 2 aromatic heterocycles. The van der Waals surface area contributed by atoms with Crippen LogP contribution in [-0.2, 0) is 9.59 Å². The fourth-order valence-electron chi connectivity index (χ4n) is 2.41. The predicted octanol–water partition coefficient (Wildman–Crippen LogP) is 2.80. The number of thiazole rings is 1. The van der Waals surface area contributed by atoms with Crippen molar-refractivity contribution in [3.63, 3.8) is 0 Å². The lowest BCUT2D eigenvalue weighted by Crippen LogP contribution is -2.26. The highest BCUT2D eigenvalue weighted by molar-refractivity contribution is 7.19. The van der Waals surface area contributed by atoms with Crippen molar-refractivity contribution in [1.82, 2.24) is 9.97 Å². The Hall–Kier alpha value is -3.06. The van der Waals surface area contributed by atoms with E-state index in [1.807, 2.05) is 30.3 Å². The maximum Gasteiger partial charge on any atom is 0.234 e. The van der Waals surface area contributed by atoms with Gasteiger partial charge in [0.25, 0.3) is 0 Å². The van der Waals surface area contributed by atoms with Gasteiger partial charge in [0.1, 0.15) is 0 Å². The number of pyridine rings is 1. The molecule has 0 saturated carbocycles. The van der Waals surface area contributed by atoms with Gasteiger partial charge < -0.3 is 11.1 Å². The molecule has 0 aliphatic heterocycles. The maximum absolute atomic E-state index is 12.6. The Morgan fingerprint density at radius 2 is 1.92 bits per heavy atom. The second-order valence-corrected chi connectivity index (χ2v) is 6.42. The lowest BCUT2D eigenvalue weighted by molar-refractivity contribution is -0.123. The summed E-state index contributed by atoms with van der Waals surface area (Å²) in [6.45, 7) is 0. The topological polar surface area (TPSA) is 98.0 Å². The third-order valence-electron chi connectivity index (χ3n) is 3.61. The summed E-state index contributed by atoms with van der Waals surface area (Å²) in [7, 11) is 0. The minimum Gasteiger partial charge on any atom is -0.370 e. The second kappa shape index (κ2) is 7.67. The third kappa shape index (κ3) is 4.27. The Morgan fingerprint density at radius 1 is 1.12 bits per heavy atom. The molecule has 1 atom stereocenters. The van der Waals surface area contributed by atoms with Gasteiger partial charge in [-0.3, -0.25) is 14.6 Å². The average molecular weight is 352 g/mol. The highest BCUT2D eigenvalue weighted by atomic mass is 32.1. The van der Waals surface area contributed by atoms with Gasteiger partial charge in [0, 0.05) is 30.6 Å². The molecule has 7 heteroatoms. The highest BCUT2D eigenvalue weighted by Gasteiger charge is 2.23. The Kier molecular flexibility index (Phi) is 5.15. The number of hydrogen-bond acceptors (Lipinski definition) is 5. The van der Waals surface area contributed by atoms with Crippen LogP contribution in [0.2, 0.25) is 0 Å². The van der Waals surface area contributed by atoms with Crippen LogP contribution in [0.4, 0.5) is 5.13 Å². The standard InChI is InChI=1S/C18H16N4O2S/c19-16(23)9-14(12-5-2-1-3-6-12)17(24)22-18-21-11-15(25-18)13-7-4-8-20-10-13/h1-8,10-11,14H,9H2,(H2,19,23)(H,21,22,24). The highest BCUT2D eigenvalue weighted by Crippen LogP contribution is 2.29. The number of benzene rings is 1. The summed E-state index contributed by atoms with van der Waals surface area (Å²) in [6, 6.07) is 12.9. The maximum atomic E-state index is 12.6. The molecule has 0 radical (unpaired) electrons. The fourth-order valence-corrected chi connectivity index (χ4v) is 3.22. The number of hydrogen-bond donors (Lipinski definition) is 2. The summed E-state index contributed by atoms with van der Waals surface area (Å²) >= 11 is 1.35. The number of rotatable bonds is 6. The molecule has 0 aliphatic rings. The number of amides is 2. The van der Waals surface area contributed by atoms with Crippen LogP contribution in [0.25, 0.3) is 10.4 Å². The molecule has 6 nitrogen and oxygen atoms in total. The van der Waals surface area contributed by atoms with Crippen molar-refractivity contribution in [2.24, 2.45) is 5.73 Å². The van der Waals surface area contributed by atoms with Gasteiger partial charge in [-0.25, -0.2) is 4.98 Å². The first-order chi connectivity index (χ1) is 12.1. The van der Waals surface area contributed by atoms with Crippen LogP contribution in [0.5, 0.6) is 0 Å². The molecule has 1 unspecified atom stereocenters. The predicted molar refractivity (Wildman–Crippen MR) is 97.0 cm³/mol. The van der Waals surface area contributed by atoms with Crippen molar-refractivity contribution in [2.45, 2.75) is 12.3 Å². The molecule has 3 N–H and O–H groups in total. The Bertz CT molecular complexity index is 865. The van der Waals surface area contributed by atoms with Gasteiger partial charge in [-0.15, -0.1) is 0 Å². The molecule has 3 aromatic rings. The molecule has 0 saturated heterocycles. The molecule has 2 amide bonds. The minimum absolute atomic E-state index is 0.0588. The van der Waals surface area contributed by atoms with Crippen LogP contribution in [0.3, 0.4) is 0 Å². The molecular formula is C18H16N4O2S. The average Bonchev–Trinajstić information content (AvgIpc) is 3.09. The first kappa shape index (κ1) is 16.8. The van der Waals surface area contributed by atoms with E-state index in [0.717, 1.165) is 16.0 Å². The monoisotopic (exact) mass is 352 g/mol. The number of nitrogens with two attached hydrogens (primary N) is 1. The minimum atomic E-state index is -0.649. The van der Waals surface area contributed by atoms with E-state index >= 15 is 0 Å². The smallest absolute Gasteiger partial charge is 0.234 e. The molecule has 3 rings (SSSR count). The van der Waals surface area contributed by atoms with E-state index in [1.165, 1.54) is 11.3 Å². The lowest BCUT2D eigenvalue weighted by atomic mass is 9.94.